The third-order valence-electron chi connectivity index (χ3n) is 2.74. The summed E-state index contributed by atoms with van der Waals surface area (Å²) in [5.41, 5.74) is 1.45. The van der Waals surface area contributed by atoms with E-state index < -0.39 is 12.2 Å². The normalized spacial score (nSPS) is 11.0. The molecule has 2 rings (SSSR count). The fourth-order valence-corrected chi connectivity index (χ4v) is 1.82. The van der Waals surface area contributed by atoms with Gasteiger partial charge in [-0.05, 0) is 35.4 Å². The summed E-state index contributed by atoms with van der Waals surface area (Å²) in [6, 6.07) is 11.3. The predicted molar refractivity (Wildman–Crippen MR) is 67.8 cm³/mol. The lowest BCUT2D eigenvalue weighted by molar-refractivity contribution is -0.274. The van der Waals surface area contributed by atoms with E-state index >= 15 is 0 Å². The van der Waals surface area contributed by atoms with E-state index in [0.29, 0.717) is 11.1 Å². The lowest BCUT2D eigenvalue weighted by atomic mass is 10.0. The number of alkyl halides is 3. The van der Waals surface area contributed by atoms with E-state index in [-0.39, 0.29) is 17.7 Å². The number of ether oxygens (including phenoxy) is 1. The number of hydrogen-bond donors (Lipinski definition) is 0. The molecule has 0 spiro atoms. The molecule has 0 saturated heterocycles. The van der Waals surface area contributed by atoms with Gasteiger partial charge in [-0.15, -0.1) is 13.2 Å². The Morgan fingerprint density at radius 3 is 2.19 bits per heavy atom. The third-order valence-corrected chi connectivity index (χ3v) is 2.74. The first kappa shape index (κ1) is 14.9. The molecule has 0 amide bonds. The van der Waals surface area contributed by atoms with Crippen LogP contribution in [-0.2, 0) is 6.42 Å². The van der Waals surface area contributed by atoms with Gasteiger partial charge in [0.15, 0.2) is 0 Å². The maximum absolute atomic E-state index is 13.4. The molecule has 2 aromatic carbocycles. The van der Waals surface area contributed by atoms with Crippen molar-refractivity contribution in [2.24, 2.45) is 0 Å². The summed E-state index contributed by atoms with van der Waals surface area (Å²) in [4.78, 5) is 0. The number of rotatable bonds is 3. The molecule has 0 atom stereocenters. The smallest absolute Gasteiger partial charge is 0.406 e. The Hall–Kier alpha value is -2.55. The molecule has 0 bridgehead atoms. The highest BCUT2D eigenvalue weighted by molar-refractivity contribution is 5.65. The van der Waals surface area contributed by atoms with E-state index in [1.165, 1.54) is 42.5 Å². The van der Waals surface area contributed by atoms with Gasteiger partial charge in [0, 0.05) is 5.56 Å². The van der Waals surface area contributed by atoms with Gasteiger partial charge >= 0.3 is 6.36 Å². The van der Waals surface area contributed by atoms with Crippen LogP contribution in [0.3, 0.4) is 0 Å². The standard InChI is InChI=1S/C15H9F4NO/c16-14-6-3-11(9-12(14)7-8-20)10-1-4-13(5-2-10)21-15(17,18)19/h1-6,9H,7H2. The molecule has 2 aromatic rings. The second-order valence-electron chi connectivity index (χ2n) is 4.21. The zero-order chi connectivity index (χ0) is 15.5. The Kier molecular flexibility index (Phi) is 4.13. The lowest BCUT2D eigenvalue weighted by Gasteiger charge is -2.10. The molecular weight excluding hydrogens is 286 g/mol. The number of benzene rings is 2. The van der Waals surface area contributed by atoms with Crippen LogP contribution in [0.15, 0.2) is 42.5 Å². The molecule has 0 unspecified atom stereocenters. The van der Waals surface area contributed by atoms with Gasteiger partial charge in [0.2, 0.25) is 0 Å². The zero-order valence-corrected chi connectivity index (χ0v) is 10.6. The SMILES string of the molecule is N#CCc1cc(-c2ccc(OC(F)(F)F)cc2)ccc1F. The molecule has 0 aromatic heterocycles. The number of hydrogen-bond acceptors (Lipinski definition) is 2. The van der Waals surface area contributed by atoms with Gasteiger partial charge in [0.1, 0.15) is 11.6 Å². The van der Waals surface area contributed by atoms with Crippen LogP contribution in [0.5, 0.6) is 5.75 Å². The van der Waals surface area contributed by atoms with E-state index in [1.807, 2.05) is 6.07 Å². The third kappa shape index (κ3) is 3.96. The van der Waals surface area contributed by atoms with Gasteiger partial charge in [0.25, 0.3) is 0 Å². The first-order valence-corrected chi connectivity index (χ1v) is 5.90. The Labute approximate surface area is 118 Å². The first-order valence-electron chi connectivity index (χ1n) is 5.90. The van der Waals surface area contributed by atoms with E-state index in [0.717, 1.165) is 0 Å². The topological polar surface area (TPSA) is 33.0 Å². The number of nitriles is 1. The van der Waals surface area contributed by atoms with Gasteiger partial charge < -0.3 is 4.74 Å². The van der Waals surface area contributed by atoms with Crippen LogP contribution in [0.2, 0.25) is 0 Å². The van der Waals surface area contributed by atoms with Crippen molar-refractivity contribution in [2.75, 3.05) is 0 Å². The zero-order valence-electron chi connectivity index (χ0n) is 10.6. The highest BCUT2D eigenvalue weighted by Gasteiger charge is 2.30. The van der Waals surface area contributed by atoms with Gasteiger partial charge in [-0.1, -0.05) is 18.2 Å². The molecule has 0 radical (unpaired) electrons. The van der Waals surface area contributed by atoms with Crippen molar-refractivity contribution in [1.82, 2.24) is 0 Å². The fourth-order valence-electron chi connectivity index (χ4n) is 1.82. The summed E-state index contributed by atoms with van der Waals surface area (Å²) < 4.78 is 53.4. The van der Waals surface area contributed by atoms with Crippen LogP contribution in [0, 0.1) is 17.1 Å². The second-order valence-corrected chi connectivity index (χ2v) is 4.21. The minimum Gasteiger partial charge on any atom is -0.406 e. The Morgan fingerprint density at radius 1 is 1.00 bits per heavy atom. The minimum atomic E-state index is -4.74. The van der Waals surface area contributed by atoms with Crippen molar-refractivity contribution >= 4 is 0 Å². The van der Waals surface area contributed by atoms with Crippen LogP contribution < -0.4 is 4.74 Å². The Bertz CT molecular complexity index is 672. The van der Waals surface area contributed by atoms with E-state index in [2.05, 4.69) is 4.74 Å². The summed E-state index contributed by atoms with van der Waals surface area (Å²) in [7, 11) is 0. The summed E-state index contributed by atoms with van der Waals surface area (Å²) in [5, 5.41) is 8.61. The Balaban J connectivity index is 2.27. The van der Waals surface area contributed by atoms with Gasteiger partial charge in [0.05, 0.1) is 12.5 Å². The van der Waals surface area contributed by atoms with E-state index in [9.17, 15) is 17.6 Å². The van der Waals surface area contributed by atoms with Gasteiger partial charge in [-0.3, -0.25) is 0 Å². The monoisotopic (exact) mass is 295 g/mol. The number of nitrogens with zero attached hydrogens (tertiary/aromatic N) is 1. The van der Waals surface area contributed by atoms with Crippen molar-refractivity contribution in [3.63, 3.8) is 0 Å². The van der Waals surface area contributed by atoms with Gasteiger partial charge in [-0.25, -0.2) is 4.39 Å². The Morgan fingerprint density at radius 2 is 1.62 bits per heavy atom. The quantitative estimate of drug-likeness (QED) is 0.783. The van der Waals surface area contributed by atoms with Crippen molar-refractivity contribution < 1.29 is 22.3 Å². The van der Waals surface area contributed by atoms with Crippen LogP contribution in [0.25, 0.3) is 11.1 Å². The molecule has 0 N–H and O–H groups in total. The van der Waals surface area contributed by atoms with Crippen LogP contribution in [-0.4, -0.2) is 6.36 Å². The van der Waals surface area contributed by atoms with Crippen LogP contribution in [0.4, 0.5) is 17.6 Å². The number of halogens is 4. The molecule has 0 aliphatic rings. The molecule has 0 heterocycles. The maximum Gasteiger partial charge on any atom is 0.573 e. The molecule has 6 heteroatoms. The molecule has 0 aliphatic carbocycles. The molecule has 21 heavy (non-hydrogen) atoms. The molecular formula is C15H9F4NO. The summed E-state index contributed by atoms with van der Waals surface area (Å²) >= 11 is 0. The van der Waals surface area contributed by atoms with Crippen molar-refractivity contribution in [3.05, 3.63) is 53.8 Å². The van der Waals surface area contributed by atoms with Gasteiger partial charge in [-0.2, -0.15) is 5.26 Å². The minimum absolute atomic E-state index is 0.0745. The summed E-state index contributed by atoms with van der Waals surface area (Å²) in [5.74, 6) is -0.817. The summed E-state index contributed by atoms with van der Waals surface area (Å²) in [6.45, 7) is 0. The van der Waals surface area contributed by atoms with Crippen molar-refractivity contribution in [1.29, 1.82) is 5.26 Å². The highest BCUT2D eigenvalue weighted by atomic mass is 19.4. The molecule has 108 valence electrons. The summed E-state index contributed by atoms with van der Waals surface area (Å²) in [6.07, 6.45) is -4.81. The molecule has 2 nitrogen and oxygen atoms in total. The predicted octanol–water partition coefficient (Wildman–Crippen LogP) is 4.46. The highest BCUT2D eigenvalue weighted by Crippen LogP contribution is 2.27. The fraction of sp³-hybridized carbons (Fsp3) is 0.133. The average Bonchev–Trinajstić information content (AvgIpc) is 2.41. The van der Waals surface area contributed by atoms with Crippen LogP contribution in [0.1, 0.15) is 5.56 Å². The van der Waals surface area contributed by atoms with E-state index in [1.54, 1.807) is 0 Å². The molecule has 0 fully saturated rings. The van der Waals surface area contributed by atoms with Crippen molar-refractivity contribution in [2.45, 2.75) is 12.8 Å². The maximum atomic E-state index is 13.4. The van der Waals surface area contributed by atoms with Crippen LogP contribution >= 0.6 is 0 Å². The average molecular weight is 295 g/mol. The molecule has 0 aliphatic heterocycles. The van der Waals surface area contributed by atoms with E-state index in [4.69, 9.17) is 5.26 Å². The van der Waals surface area contributed by atoms with Crippen molar-refractivity contribution in [3.8, 4) is 22.9 Å². The largest absolute Gasteiger partial charge is 0.573 e. The first-order chi connectivity index (χ1) is 9.89. The molecule has 0 saturated carbocycles. The lowest BCUT2D eigenvalue weighted by Crippen LogP contribution is -2.16. The second kappa shape index (κ2) is 5.83.